The number of hydrogen-bond donors (Lipinski definition) is 1. The van der Waals surface area contributed by atoms with E-state index < -0.39 is 5.69 Å². The first-order chi connectivity index (χ1) is 9.26. The zero-order valence-electron chi connectivity index (χ0n) is 10.3. The van der Waals surface area contributed by atoms with E-state index in [2.05, 4.69) is 22.1 Å². The van der Waals surface area contributed by atoms with Crippen molar-refractivity contribution in [3.8, 4) is 6.07 Å². The maximum atomic E-state index is 11.4. The van der Waals surface area contributed by atoms with Crippen LogP contribution >= 0.6 is 0 Å². The predicted octanol–water partition coefficient (Wildman–Crippen LogP) is 1.20. The van der Waals surface area contributed by atoms with Crippen molar-refractivity contribution >= 4 is 5.82 Å². The average Bonchev–Trinajstić information content (AvgIpc) is 2.46. The molecule has 0 bridgehead atoms. The third kappa shape index (κ3) is 2.20. The minimum Gasteiger partial charge on any atom is -0.352 e. The fraction of sp³-hybridized carbons (Fsp3) is 0.214. The van der Waals surface area contributed by atoms with Crippen LogP contribution in [0.15, 0.2) is 35.1 Å². The molecular weight excluding hydrogens is 240 g/mol. The van der Waals surface area contributed by atoms with Crippen LogP contribution in [-0.4, -0.2) is 16.5 Å². The topological polar surface area (TPSA) is 72.8 Å². The second kappa shape index (κ2) is 4.58. The Kier molecular flexibility index (Phi) is 2.76. The Hall–Kier alpha value is -2.61. The van der Waals surface area contributed by atoms with Gasteiger partial charge in [-0.15, -0.1) is 0 Å². The minimum absolute atomic E-state index is 0.244. The molecule has 0 atom stereocenters. The molecule has 5 heteroatoms. The highest BCUT2D eigenvalue weighted by Crippen LogP contribution is 2.22. The number of aromatic nitrogens is 2. The zero-order valence-corrected chi connectivity index (χ0v) is 10.3. The summed E-state index contributed by atoms with van der Waals surface area (Å²) in [6.45, 7) is 1.52. The molecule has 0 saturated carbocycles. The third-order valence-corrected chi connectivity index (χ3v) is 3.31. The molecular formula is C14H12N4O. The second-order valence-corrected chi connectivity index (χ2v) is 4.51. The number of anilines is 1. The van der Waals surface area contributed by atoms with E-state index in [1.165, 1.54) is 11.1 Å². The van der Waals surface area contributed by atoms with Crippen LogP contribution in [0.4, 0.5) is 5.82 Å². The third-order valence-electron chi connectivity index (χ3n) is 3.31. The van der Waals surface area contributed by atoms with Gasteiger partial charge in [-0.3, -0.25) is 4.98 Å². The van der Waals surface area contributed by atoms with Crippen LogP contribution in [0, 0.1) is 11.3 Å². The lowest BCUT2D eigenvalue weighted by Crippen LogP contribution is -2.32. The van der Waals surface area contributed by atoms with E-state index in [0.29, 0.717) is 5.82 Å². The summed E-state index contributed by atoms with van der Waals surface area (Å²) in [5.74, 6) is 0.565. The van der Waals surface area contributed by atoms with Crippen LogP contribution in [0.3, 0.4) is 0 Å². The number of nitrogens with zero attached hydrogens (tertiary/aromatic N) is 3. The quantitative estimate of drug-likeness (QED) is 0.827. The van der Waals surface area contributed by atoms with E-state index in [0.717, 1.165) is 19.5 Å². The van der Waals surface area contributed by atoms with Gasteiger partial charge in [-0.25, -0.2) is 4.79 Å². The molecule has 0 aliphatic carbocycles. The van der Waals surface area contributed by atoms with Gasteiger partial charge >= 0.3 is 5.69 Å². The Morgan fingerprint density at radius 3 is 2.89 bits per heavy atom. The molecule has 0 unspecified atom stereocenters. The van der Waals surface area contributed by atoms with Gasteiger partial charge in [0.25, 0.3) is 0 Å². The van der Waals surface area contributed by atoms with Crippen molar-refractivity contribution in [3.05, 3.63) is 57.6 Å². The van der Waals surface area contributed by atoms with Gasteiger partial charge in [0.1, 0.15) is 17.6 Å². The molecule has 0 radical (unpaired) electrons. The van der Waals surface area contributed by atoms with Crippen LogP contribution in [-0.2, 0) is 13.0 Å². The molecule has 2 heterocycles. The number of aromatic amines is 1. The van der Waals surface area contributed by atoms with E-state index in [1.807, 2.05) is 23.1 Å². The lowest BCUT2D eigenvalue weighted by atomic mass is 10.00. The molecule has 5 nitrogen and oxygen atoms in total. The van der Waals surface area contributed by atoms with Gasteiger partial charge < -0.3 is 4.90 Å². The molecule has 1 aliphatic rings. The fourth-order valence-electron chi connectivity index (χ4n) is 2.36. The van der Waals surface area contributed by atoms with E-state index in [4.69, 9.17) is 5.26 Å². The molecule has 0 amide bonds. The van der Waals surface area contributed by atoms with E-state index >= 15 is 0 Å². The summed E-state index contributed by atoms with van der Waals surface area (Å²) < 4.78 is 0. The standard InChI is InChI=1S/C14H12N4O/c15-8-12-7-13(17-14(19)16-12)18-6-5-10-3-1-2-4-11(10)9-18/h1-4,7H,5-6,9H2,(H,16,17,19). The number of H-pyrrole nitrogens is 1. The first-order valence-corrected chi connectivity index (χ1v) is 6.09. The van der Waals surface area contributed by atoms with Crippen LogP contribution in [0.25, 0.3) is 0 Å². The lowest BCUT2D eigenvalue weighted by molar-refractivity contribution is 0.716. The number of hydrogen-bond acceptors (Lipinski definition) is 4. The first kappa shape index (κ1) is 11.5. The largest absolute Gasteiger partial charge is 0.352 e. The summed E-state index contributed by atoms with van der Waals surface area (Å²) in [6, 6.07) is 11.8. The Morgan fingerprint density at radius 2 is 2.11 bits per heavy atom. The molecule has 3 rings (SSSR count). The molecule has 2 aromatic rings. The maximum Gasteiger partial charge on any atom is 0.347 e. The molecule has 1 aromatic heterocycles. The van der Waals surface area contributed by atoms with Gasteiger partial charge in [-0.2, -0.15) is 10.2 Å². The molecule has 1 aromatic carbocycles. The Balaban J connectivity index is 1.95. The number of benzene rings is 1. The highest BCUT2D eigenvalue weighted by molar-refractivity contribution is 5.46. The molecule has 1 N–H and O–H groups in total. The highest BCUT2D eigenvalue weighted by atomic mass is 16.1. The van der Waals surface area contributed by atoms with Crippen molar-refractivity contribution < 1.29 is 0 Å². The van der Waals surface area contributed by atoms with Crippen molar-refractivity contribution in [2.75, 3.05) is 11.4 Å². The van der Waals surface area contributed by atoms with Crippen molar-refractivity contribution in [2.24, 2.45) is 0 Å². The van der Waals surface area contributed by atoms with Crippen LogP contribution in [0.5, 0.6) is 0 Å². The SMILES string of the molecule is N#Cc1cc(N2CCc3ccccc3C2)nc(=O)[nH]1. The Morgan fingerprint density at radius 1 is 1.32 bits per heavy atom. The van der Waals surface area contributed by atoms with E-state index in [1.54, 1.807) is 6.07 Å². The summed E-state index contributed by atoms with van der Waals surface area (Å²) in [5, 5.41) is 8.88. The first-order valence-electron chi connectivity index (χ1n) is 6.09. The number of rotatable bonds is 1. The molecule has 94 valence electrons. The van der Waals surface area contributed by atoms with Gasteiger partial charge in [0.2, 0.25) is 0 Å². The van der Waals surface area contributed by atoms with Crippen LogP contribution in [0.1, 0.15) is 16.8 Å². The molecule has 19 heavy (non-hydrogen) atoms. The smallest absolute Gasteiger partial charge is 0.347 e. The Labute approximate surface area is 110 Å². The monoisotopic (exact) mass is 252 g/mol. The number of nitrogens with one attached hydrogen (secondary N) is 1. The van der Waals surface area contributed by atoms with Crippen molar-refractivity contribution in [1.29, 1.82) is 5.26 Å². The molecule has 0 spiro atoms. The van der Waals surface area contributed by atoms with Gasteiger partial charge in [-0.1, -0.05) is 24.3 Å². The fourth-order valence-corrected chi connectivity index (χ4v) is 2.36. The summed E-state index contributed by atoms with van der Waals surface area (Å²) >= 11 is 0. The molecule has 0 fully saturated rings. The van der Waals surface area contributed by atoms with Crippen LogP contribution in [0.2, 0.25) is 0 Å². The average molecular weight is 252 g/mol. The second-order valence-electron chi connectivity index (χ2n) is 4.51. The summed E-state index contributed by atoms with van der Waals surface area (Å²) in [4.78, 5) is 19.8. The summed E-state index contributed by atoms with van der Waals surface area (Å²) in [7, 11) is 0. The number of fused-ring (bicyclic) bond motifs is 1. The highest BCUT2D eigenvalue weighted by Gasteiger charge is 2.17. The lowest BCUT2D eigenvalue weighted by Gasteiger charge is -2.29. The Bertz CT molecular complexity index is 714. The van der Waals surface area contributed by atoms with Crippen LogP contribution < -0.4 is 10.6 Å². The van der Waals surface area contributed by atoms with Crippen molar-refractivity contribution in [1.82, 2.24) is 9.97 Å². The summed E-state index contributed by atoms with van der Waals surface area (Å²) in [6.07, 6.45) is 0.923. The molecule has 1 aliphatic heterocycles. The van der Waals surface area contributed by atoms with Crippen molar-refractivity contribution in [2.45, 2.75) is 13.0 Å². The number of nitriles is 1. The normalized spacial score (nSPS) is 13.7. The minimum atomic E-state index is -0.479. The van der Waals surface area contributed by atoms with Gasteiger partial charge in [0.05, 0.1) is 0 Å². The summed E-state index contributed by atoms with van der Waals surface area (Å²) in [5.41, 5.74) is 2.35. The zero-order chi connectivity index (χ0) is 13.2. The van der Waals surface area contributed by atoms with E-state index in [-0.39, 0.29) is 5.69 Å². The predicted molar refractivity (Wildman–Crippen MR) is 70.8 cm³/mol. The van der Waals surface area contributed by atoms with E-state index in [9.17, 15) is 4.79 Å². The van der Waals surface area contributed by atoms with Gasteiger partial charge in [0.15, 0.2) is 0 Å². The van der Waals surface area contributed by atoms with Crippen molar-refractivity contribution in [3.63, 3.8) is 0 Å². The molecule has 0 saturated heterocycles. The van der Waals surface area contributed by atoms with Gasteiger partial charge in [0, 0.05) is 19.2 Å². The maximum absolute atomic E-state index is 11.4. The van der Waals surface area contributed by atoms with Gasteiger partial charge in [-0.05, 0) is 17.5 Å².